The maximum absolute atomic E-state index is 13.3. The van der Waals surface area contributed by atoms with Crippen LogP contribution in [0.5, 0.6) is 0 Å². The molecule has 166 valence electrons. The summed E-state index contributed by atoms with van der Waals surface area (Å²) < 4.78 is 0. The number of hydrogen-bond donors (Lipinski definition) is 4. The third-order valence-electron chi connectivity index (χ3n) is 5.25. The highest BCUT2D eigenvalue weighted by Gasteiger charge is 2.25. The van der Waals surface area contributed by atoms with Gasteiger partial charge >= 0.3 is 0 Å². The number of nitrogen functional groups attached to an aromatic ring is 1. The number of rotatable bonds is 7. The molecule has 1 unspecified atom stereocenters. The third-order valence-corrected chi connectivity index (χ3v) is 5.25. The molecule has 0 radical (unpaired) electrons. The fourth-order valence-corrected chi connectivity index (χ4v) is 3.61. The van der Waals surface area contributed by atoms with Crippen LogP contribution in [0.4, 0.5) is 17.1 Å². The predicted molar refractivity (Wildman–Crippen MR) is 130 cm³/mol. The van der Waals surface area contributed by atoms with Gasteiger partial charge < -0.3 is 21.4 Å². The first-order valence-electron chi connectivity index (χ1n) is 10.4. The molecule has 0 heterocycles. The van der Waals surface area contributed by atoms with Crippen molar-refractivity contribution < 1.29 is 9.59 Å². The first-order valence-corrected chi connectivity index (χ1v) is 10.4. The molecule has 0 aromatic heterocycles. The summed E-state index contributed by atoms with van der Waals surface area (Å²) in [5, 5.41) is 7.16. The zero-order valence-electron chi connectivity index (χ0n) is 18.3. The molecule has 32 heavy (non-hydrogen) atoms. The minimum absolute atomic E-state index is 0.0181. The van der Waals surface area contributed by atoms with Crippen LogP contribution in [0.3, 0.4) is 0 Å². The molecule has 1 atom stereocenters. The van der Waals surface area contributed by atoms with E-state index in [0.29, 0.717) is 29.0 Å². The van der Waals surface area contributed by atoms with Gasteiger partial charge in [-0.25, -0.2) is 5.84 Å². The summed E-state index contributed by atoms with van der Waals surface area (Å²) in [4.78, 5) is 26.3. The second kappa shape index (κ2) is 10.5. The lowest BCUT2D eigenvalue weighted by Gasteiger charge is -2.24. The minimum Gasteiger partial charge on any atom is -0.397 e. The molecule has 1 aliphatic carbocycles. The highest BCUT2D eigenvalue weighted by atomic mass is 16.2. The Kier molecular flexibility index (Phi) is 7.46. The second-order valence-electron chi connectivity index (χ2n) is 7.74. The molecule has 7 heteroatoms. The van der Waals surface area contributed by atoms with Gasteiger partial charge in [-0.2, -0.15) is 0 Å². The molecule has 0 saturated heterocycles. The molecule has 0 bridgehead atoms. The van der Waals surface area contributed by atoms with Crippen molar-refractivity contribution in [3.8, 4) is 0 Å². The number of nitrogens with zero attached hydrogens (tertiary/aromatic N) is 1. The predicted octanol–water partition coefficient (Wildman–Crippen LogP) is 3.31. The Morgan fingerprint density at radius 3 is 2.38 bits per heavy atom. The van der Waals surface area contributed by atoms with Gasteiger partial charge in [0.25, 0.3) is 5.91 Å². The van der Waals surface area contributed by atoms with Gasteiger partial charge in [0.15, 0.2) is 0 Å². The lowest BCUT2D eigenvalue weighted by atomic mass is 9.97. The molecule has 3 rings (SSSR count). The van der Waals surface area contributed by atoms with E-state index < -0.39 is 6.04 Å². The van der Waals surface area contributed by atoms with Crippen molar-refractivity contribution in [2.24, 2.45) is 11.8 Å². The summed E-state index contributed by atoms with van der Waals surface area (Å²) in [6.45, 7) is 1.86. The van der Waals surface area contributed by atoms with Crippen molar-refractivity contribution in [2.45, 2.75) is 19.4 Å². The number of amides is 2. The number of para-hydroxylation sites is 1. The summed E-state index contributed by atoms with van der Waals surface area (Å²) in [5.74, 6) is 5.25. The third kappa shape index (κ3) is 5.65. The summed E-state index contributed by atoms with van der Waals surface area (Å²) in [6.07, 6.45) is 12.1. The average molecular weight is 432 g/mol. The molecule has 6 N–H and O–H groups in total. The SMILES string of the molecule is Cc1ccccc1C(=O)NC(CC1C=CC=CC=C1)C(=O)Nc1cccc(N)c1N(C)N. The van der Waals surface area contributed by atoms with E-state index >= 15 is 0 Å². The van der Waals surface area contributed by atoms with Crippen LogP contribution < -0.4 is 27.2 Å². The van der Waals surface area contributed by atoms with Gasteiger partial charge in [-0.05, 0) is 43.0 Å². The number of hydrogen-bond acceptors (Lipinski definition) is 5. The number of carbonyl (C=O) groups is 2. The van der Waals surface area contributed by atoms with E-state index in [1.165, 1.54) is 5.01 Å². The van der Waals surface area contributed by atoms with Gasteiger partial charge in [0.2, 0.25) is 5.91 Å². The molecule has 0 fully saturated rings. The molecule has 7 nitrogen and oxygen atoms in total. The van der Waals surface area contributed by atoms with Crippen molar-refractivity contribution in [3.05, 3.63) is 90.0 Å². The van der Waals surface area contributed by atoms with Crippen molar-refractivity contribution in [1.82, 2.24) is 5.32 Å². The highest BCUT2D eigenvalue weighted by molar-refractivity contribution is 6.03. The van der Waals surface area contributed by atoms with Gasteiger partial charge in [-0.1, -0.05) is 60.7 Å². The number of allylic oxidation sites excluding steroid dienone is 6. The standard InChI is InChI=1S/C25H29N5O2/c1-17-10-7-8-13-19(17)24(31)29-22(16-18-11-5-3-4-6-12-18)25(32)28-21-15-9-14-20(26)23(21)30(2)27/h3-15,18,22H,16,26-27H2,1-2H3,(H,28,32)(H,29,31). The van der Waals surface area contributed by atoms with Crippen LogP contribution in [0.1, 0.15) is 22.3 Å². The molecule has 2 amide bonds. The fraction of sp³-hybridized carbons (Fsp3) is 0.200. The molecule has 0 aliphatic heterocycles. The van der Waals surface area contributed by atoms with Crippen molar-refractivity contribution >= 4 is 28.9 Å². The summed E-state index contributed by atoms with van der Waals surface area (Å²) >= 11 is 0. The van der Waals surface area contributed by atoms with E-state index in [4.69, 9.17) is 11.6 Å². The molecule has 0 spiro atoms. The Balaban J connectivity index is 1.86. The van der Waals surface area contributed by atoms with Gasteiger partial charge in [0, 0.05) is 12.6 Å². The topological polar surface area (TPSA) is 113 Å². The monoisotopic (exact) mass is 431 g/mol. The van der Waals surface area contributed by atoms with Crippen LogP contribution in [-0.4, -0.2) is 24.9 Å². The lowest BCUT2D eigenvalue weighted by Crippen LogP contribution is -2.45. The first kappa shape index (κ1) is 22.8. The number of hydrazine groups is 1. The van der Waals surface area contributed by atoms with E-state index in [9.17, 15) is 9.59 Å². The molecule has 1 aliphatic rings. The Labute approximate surface area is 188 Å². The van der Waals surface area contributed by atoms with Crippen LogP contribution in [0.15, 0.2) is 78.9 Å². The number of benzene rings is 2. The molecular formula is C25H29N5O2. The van der Waals surface area contributed by atoms with E-state index in [-0.39, 0.29) is 17.7 Å². The molecule has 2 aromatic rings. The van der Waals surface area contributed by atoms with E-state index in [2.05, 4.69) is 10.6 Å². The van der Waals surface area contributed by atoms with Gasteiger partial charge in [0.05, 0.1) is 17.1 Å². The average Bonchev–Trinajstić information content (AvgIpc) is 3.02. The largest absolute Gasteiger partial charge is 0.397 e. The van der Waals surface area contributed by atoms with E-state index in [0.717, 1.165) is 5.56 Å². The van der Waals surface area contributed by atoms with Crippen LogP contribution in [0.25, 0.3) is 0 Å². The number of aryl methyl sites for hydroxylation is 1. The Bertz CT molecular complexity index is 1060. The quantitative estimate of drug-likeness (QED) is 0.305. The van der Waals surface area contributed by atoms with E-state index in [1.807, 2.05) is 55.5 Å². The van der Waals surface area contributed by atoms with Crippen molar-refractivity contribution in [2.75, 3.05) is 23.1 Å². The number of anilines is 3. The van der Waals surface area contributed by atoms with Crippen LogP contribution in [0, 0.1) is 12.8 Å². The zero-order valence-corrected chi connectivity index (χ0v) is 18.3. The van der Waals surface area contributed by atoms with Crippen LogP contribution >= 0.6 is 0 Å². The van der Waals surface area contributed by atoms with Crippen LogP contribution in [-0.2, 0) is 4.79 Å². The van der Waals surface area contributed by atoms with Crippen molar-refractivity contribution in [1.29, 1.82) is 0 Å². The van der Waals surface area contributed by atoms with Crippen LogP contribution in [0.2, 0.25) is 0 Å². The Hall–Kier alpha value is -3.84. The fourth-order valence-electron chi connectivity index (χ4n) is 3.61. The Morgan fingerprint density at radius 2 is 1.72 bits per heavy atom. The maximum atomic E-state index is 13.3. The second-order valence-corrected chi connectivity index (χ2v) is 7.74. The normalized spacial score (nSPS) is 14.0. The lowest BCUT2D eigenvalue weighted by molar-refractivity contribution is -0.118. The van der Waals surface area contributed by atoms with Crippen molar-refractivity contribution in [3.63, 3.8) is 0 Å². The van der Waals surface area contributed by atoms with Gasteiger partial charge in [0.1, 0.15) is 6.04 Å². The zero-order chi connectivity index (χ0) is 23.1. The molecule has 2 aromatic carbocycles. The van der Waals surface area contributed by atoms with E-state index in [1.54, 1.807) is 37.4 Å². The Morgan fingerprint density at radius 1 is 1.03 bits per heavy atom. The summed E-state index contributed by atoms with van der Waals surface area (Å²) in [7, 11) is 1.65. The number of nitrogens with one attached hydrogen (secondary N) is 2. The highest BCUT2D eigenvalue weighted by Crippen LogP contribution is 2.30. The number of carbonyl (C=O) groups excluding carboxylic acids is 2. The smallest absolute Gasteiger partial charge is 0.252 e. The van der Waals surface area contributed by atoms with Gasteiger partial charge in [-0.3, -0.25) is 9.59 Å². The summed E-state index contributed by atoms with van der Waals surface area (Å²) in [5.41, 5.74) is 8.84. The maximum Gasteiger partial charge on any atom is 0.252 e. The first-order chi connectivity index (χ1) is 15.4. The molecule has 0 saturated carbocycles. The number of nitrogens with two attached hydrogens (primary N) is 2. The van der Waals surface area contributed by atoms with Gasteiger partial charge in [-0.15, -0.1) is 0 Å². The minimum atomic E-state index is -0.781. The molecular weight excluding hydrogens is 402 g/mol. The summed E-state index contributed by atoms with van der Waals surface area (Å²) in [6, 6.07) is 11.7.